The van der Waals surface area contributed by atoms with E-state index in [1.165, 1.54) is 12.1 Å². The lowest BCUT2D eigenvalue weighted by molar-refractivity contribution is 0.619. The maximum absolute atomic E-state index is 13.6. The van der Waals surface area contributed by atoms with E-state index in [2.05, 4.69) is 10.6 Å². The summed E-state index contributed by atoms with van der Waals surface area (Å²) in [5.41, 5.74) is 2.27. The summed E-state index contributed by atoms with van der Waals surface area (Å²) in [5.74, 6) is -0.714. The van der Waals surface area contributed by atoms with Crippen molar-refractivity contribution in [1.29, 1.82) is 0 Å². The Balaban J connectivity index is 2.09. The Bertz CT molecular complexity index is 656. The van der Waals surface area contributed by atoms with Crippen LogP contribution in [-0.4, -0.2) is 5.11 Å². The van der Waals surface area contributed by atoms with E-state index < -0.39 is 5.82 Å². The Kier molecular flexibility index (Phi) is 4.29. The van der Waals surface area contributed by atoms with Crippen molar-refractivity contribution in [3.05, 3.63) is 59.2 Å². The summed E-state index contributed by atoms with van der Waals surface area (Å²) < 4.78 is 27.0. The van der Waals surface area contributed by atoms with E-state index in [1.54, 1.807) is 31.2 Å². The van der Waals surface area contributed by atoms with Crippen LogP contribution >= 0.6 is 12.2 Å². The summed E-state index contributed by atoms with van der Waals surface area (Å²) in [7, 11) is 0. The molecule has 0 atom stereocenters. The van der Waals surface area contributed by atoms with Crippen molar-refractivity contribution >= 4 is 28.7 Å². The minimum absolute atomic E-state index is 0.206. The summed E-state index contributed by atoms with van der Waals surface area (Å²) in [6.45, 7) is 3.54. The Hall–Kier alpha value is -2.01. The van der Waals surface area contributed by atoms with Gasteiger partial charge in [-0.1, -0.05) is 12.1 Å². The molecule has 0 aliphatic rings. The van der Waals surface area contributed by atoms with Crippen LogP contribution in [0.2, 0.25) is 0 Å². The highest BCUT2D eigenvalue weighted by Gasteiger charge is 2.06. The van der Waals surface area contributed by atoms with Gasteiger partial charge in [-0.2, -0.15) is 0 Å². The quantitative estimate of drug-likeness (QED) is 0.803. The summed E-state index contributed by atoms with van der Waals surface area (Å²) in [5, 5.41) is 5.78. The Morgan fingerprint density at radius 2 is 1.70 bits per heavy atom. The molecule has 0 bridgehead atoms. The van der Waals surface area contributed by atoms with E-state index in [9.17, 15) is 8.78 Å². The summed E-state index contributed by atoms with van der Waals surface area (Å²) in [4.78, 5) is 0. The first kappa shape index (κ1) is 14.4. The highest BCUT2D eigenvalue weighted by Crippen LogP contribution is 2.17. The van der Waals surface area contributed by atoms with E-state index in [0.29, 0.717) is 11.3 Å². The van der Waals surface area contributed by atoms with E-state index >= 15 is 0 Å². The van der Waals surface area contributed by atoms with Crippen LogP contribution in [0.25, 0.3) is 0 Å². The fourth-order valence-corrected chi connectivity index (χ4v) is 1.92. The molecule has 2 aromatic rings. The molecule has 0 fully saturated rings. The van der Waals surface area contributed by atoms with Crippen LogP contribution < -0.4 is 10.6 Å². The molecule has 0 unspecified atom stereocenters. The molecule has 0 aliphatic carbocycles. The van der Waals surface area contributed by atoms with Gasteiger partial charge in [-0.25, -0.2) is 8.78 Å². The minimum Gasteiger partial charge on any atom is -0.332 e. The normalized spacial score (nSPS) is 10.2. The number of aryl methyl sites for hydroxylation is 2. The number of anilines is 2. The maximum Gasteiger partial charge on any atom is 0.175 e. The number of nitrogens with one attached hydrogen (secondary N) is 2. The molecule has 0 spiro atoms. The van der Waals surface area contributed by atoms with Crippen LogP contribution in [0.15, 0.2) is 36.4 Å². The molecule has 20 heavy (non-hydrogen) atoms. The summed E-state index contributed by atoms with van der Waals surface area (Å²) in [6, 6.07) is 9.39. The molecule has 2 aromatic carbocycles. The first-order valence-corrected chi connectivity index (χ1v) is 6.47. The summed E-state index contributed by atoms with van der Waals surface area (Å²) >= 11 is 5.09. The van der Waals surface area contributed by atoms with Crippen LogP contribution in [0, 0.1) is 25.5 Å². The molecule has 0 radical (unpaired) electrons. The number of hydrogen-bond donors (Lipinski definition) is 2. The first-order valence-electron chi connectivity index (χ1n) is 6.06. The van der Waals surface area contributed by atoms with Crippen molar-refractivity contribution in [2.75, 3.05) is 10.6 Å². The largest absolute Gasteiger partial charge is 0.332 e. The van der Waals surface area contributed by atoms with Gasteiger partial charge in [0.2, 0.25) is 0 Å². The molecule has 104 valence electrons. The van der Waals surface area contributed by atoms with Crippen molar-refractivity contribution in [1.82, 2.24) is 0 Å². The zero-order valence-corrected chi connectivity index (χ0v) is 11.9. The maximum atomic E-state index is 13.6. The average molecular weight is 292 g/mol. The van der Waals surface area contributed by atoms with Gasteiger partial charge in [-0.3, -0.25) is 0 Å². The number of thiocarbonyl (C=S) groups is 1. The van der Waals surface area contributed by atoms with Crippen LogP contribution in [0.5, 0.6) is 0 Å². The number of hydrogen-bond acceptors (Lipinski definition) is 1. The fourth-order valence-electron chi connectivity index (χ4n) is 1.69. The second kappa shape index (κ2) is 5.96. The molecule has 2 nitrogen and oxygen atoms in total. The van der Waals surface area contributed by atoms with Crippen molar-refractivity contribution in [3.8, 4) is 0 Å². The van der Waals surface area contributed by atoms with Gasteiger partial charge < -0.3 is 10.6 Å². The molecule has 0 saturated carbocycles. The van der Waals surface area contributed by atoms with Crippen molar-refractivity contribution in [2.45, 2.75) is 13.8 Å². The predicted octanol–water partition coefficient (Wildman–Crippen LogP) is 4.39. The Labute approximate surface area is 121 Å². The summed E-state index contributed by atoms with van der Waals surface area (Å²) in [6.07, 6.45) is 0. The number of rotatable bonds is 2. The molecule has 2 rings (SSSR count). The Morgan fingerprint density at radius 3 is 2.40 bits per heavy atom. The second-order valence-corrected chi connectivity index (χ2v) is 4.93. The lowest BCUT2D eigenvalue weighted by Crippen LogP contribution is -2.20. The molecule has 5 heteroatoms. The fraction of sp³-hybridized carbons (Fsp3) is 0.133. The molecular weight excluding hydrogens is 278 g/mol. The van der Waals surface area contributed by atoms with Crippen LogP contribution in [0.1, 0.15) is 11.1 Å². The highest BCUT2D eigenvalue weighted by atomic mass is 32.1. The lowest BCUT2D eigenvalue weighted by Gasteiger charge is -2.12. The molecule has 2 N–H and O–H groups in total. The van der Waals surface area contributed by atoms with Gasteiger partial charge in [-0.15, -0.1) is 0 Å². The van der Waals surface area contributed by atoms with Crippen LogP contribution in [-0.2, 0) is 0 Å². The Morgan fingerprint density at radius 1 is 0.950 bits per heavy atom. The topological polar surface area (TPSA) is 24.1 Å². The third-order valence-corrected chi connectivity index (χ3v) is 3.00. The molecule has 0 aliphatic heterocycles. The number of halogens is 2. The van der Waals surface area contributed by atoms with Crippen molar-refractivity contribution < 1.29 is 8.78 Å². The standard InChI is InChI=1S/C15H14F2N2S/c1-9-3-6-12(16)14(7-9)19-15(20)18-11-5-4-10(2)13(17)8-11/h3-8H,1-2H3,(H2,18,19,20). The predicted molar refractivity (Wildman–Crippen MR) is 82.1 cm³/mol. The third kappa shape index (κ3) is 3.51. The van der Waals surface area contributed by atoms with Gasteiger partial charge >= 0.3 is 0 Å². The van der Waals surface area contributed by atoms with Crippen molar-refractivity contribution in [2.24, 2.45) is 0 Å². The molecule has 0 amide bonds. The van der Waals surface area contributed by atoms with E-state index in [4.69, 9.17) is 12.2 Å². The first-order chi connectivity index (χ1) is 9.45. The van der Waals surface area contributed by atoms with Gasteiger partial charge in [0.25, 0.3) is 0 Å². The minimum atomic E-state index is -0.394. The lowest BCUT2D eigenvalue weighted by atomic mass is 10.2. The van der Waals surface area contributed by atoms with E-state index in [-0.39, 0.29) is 16.6 Å². The zero-order chi connectivity index (χ0) is 14.7. The van der Waals surface area contributed by atoms with Crippen LogP contribution in [0.3, 0.4) is 0 Å². The smallest absolute Gasteiger partial charge is 0.175 e. The van der Waals surface area contributed by atoms with Gasteiger partial charge in [0.1, 0.15) is 11.6 Å². The van der Waals surface area contributed by atoms with Gasteiger partial charge in [0.05, 0.1) is 5.69 Å². The van der Waals surface area contributed by atoms with Gasteiger partial charge in [0.15, 0.2) is 5.11 Å². The third-order valence-electron chi connectivity index (χ3n) is 2.80. The second-order valence-electron chi connectivity index (χ2n) is 4.53. The zero-order valence-electron chi connectivity index (χ0n) is 11.1. The van der Waals surface area contributed by atoms with Crippen LogP contribution in [0.4, 0.5) is 20.2 Å². The SMILES string of the molecule is Cc1ccc(F)c(NC(=S)Nc2ccc(C)c(F)c2)c1. The number of benzene rings is 2. The van der Waals surface area contributed by atoms with E-state index in [1.807, 2.05) is 6.92 Å². The van der Waals surface area contributed by atoms with E-state index in [0.717, 1.165) is 5.56 Å². The molecule has 0 aromatic heterocycles. The monoisotopic (exact) mass is 292 g/mol. The van der Waals surface area contributed by atoms with Gasteiger partial charge in [-0.05, 0) is 61.5 Å². The molecule has 0 saturated heterocycles. The van der Waals surface area contributed by atoms with Crippen molar-refractivity contribution in [3.63, 3.8) is 0 Å². The molecular formula is C15H14F2N2S. The highest BCUT2D eigenvalue weighted by molar-refractivity contribution is 7.80. The molecule has 0 heterocycles. The van der Waals surface area contributed by atoms with Gasteiger partial charge in [0, 0.05) is 5.69 Å². The average Bonchev–Trinajstić information content (AvgIpc) is 2.38.